The van der Waals surface area contributed by atoms with Gasteiger partial charge in [-0.15, -0.1) is 6.58 Å². The van der Waals surface area contributed by atoms with Crippen LogP contribution < -0.4 is 0 Å². The quantitative estimate of drug-likeness (QED) is 0.370. The Labute approximate surface area is 115 Å². The van der Waals surface area contributed by atoms with Gasteiger partial charge in [0.25, 0.3) is 0 Å². The summed E-state index contributed by atoms with van der Waals surface area (Å²) in [7, 11) is 0. The first kappa shape index (κ1) is 20.6. The molecule has 0 saturated heterocycles. The molecule has 0 rings (SSSR count). The molecule has 0 heterocycles. The van der Waals surface area contributed by atoms with E-state index in [0.29, 0.717) is 6.42 Å². The molecule has 0 amide bonds. The maximum absolute atomic E-state index is 10.2. The number of hydrogen-bond acceptors (Lipinski definition) is 1. The molecule has 0 aliphatic heterocycles. The van der Waals surface area contributed by atoms with Gasteiger partial charge in [0.1, 0.15) is 0 Å². The second-order valence-corrected chi connectivity index (χ2v) is 3.34. The molecule has 0 unspecified atom stereocenters. The summed E-state index contributed by atoms with van der Waals surface area (Å²) in [6.45, 7) is 3.66. The summed E-state index contributed by atoms with van der Waals surface area (Å²) in [5, 5.41) is 8.38. The number of rotatable bonds is 9. The van der Waals surface area contributed by atoms with Crippen molar-refractivity contribution in [1.29, 1.82) is 0 Å². The second kappa shape index (κ2) is 16.6. The van der Waals surface area contributed by atoms with Crippen LogP contribution in [0.15, 0.2) is 12.7 Å². The van der Waals surface area contributed by atoms with Crippen LogP contribution in [-0.4, -0.2) is 46.1 Å². The van der Waals surface area contributed by atoms with Crippen molar-refractivity contribution in [3.05, 3.63) is 12.7 Å². The van der Waals surface area contributed by atoms with Gasteiger partial charge in [-0.2, -0.15) is 0 Å². The van der Waals surface area contributed by atoms with Crippen LogP contribution in [0.3, 0.4) is 0 Å². The van der Waals surface area contributed by atoms with Crippen molar-refractivity contribution in [3.63, 3.8) is 0 Å². The minimum atomic E-state index is -0.674. The molecule has 3 nitrogen and oxygen atoms in total. The van der Waals surface area contributed by atoms with Gasteiger partial charge in [0.05, 0.1) is 0 Å². The number of carboxylic acids is 1. The van der Waals surface area contributed by atoms with Crippen LogP contribution in [-0.2, 0) is 4.79 Å². The Kier molecular flexibility index (Phi) is 22.8. The molecule has 0 saturated carbocycles. The Morgan fingerprint density at radius 3 is 2.00 bits per heavy atom. The van der Waals surface area contributed by atoms with Crippen LogP contribution in [0.2, 0.25) is 0 Å². The van der Waals surface area contributed by atoms with Crippen molar-refractivity contribution < 1.29 is 15.4 Å². The van der Waals surface area contributed by atoms with Crippen LogP contribution in [0.4, 0.5) is 0 Å². The summed E-state index contributed by atoms with van der Waals surface area (Å²) in [6, 6.07) is 0. The van der Waals surface area contributed by atoms with Gasteiger partial charge < -0.3 is 10.6 Å². The Morgan fingerprint density at radius 2 is 1.53 bits per heavy atom. The Bertz CT molecular complexity index is 149. The van der Waals surface area contributed by atoms with E-state index in [9.17, 15) is 4.79 Å². The molecule has 0 spiro atoms. The Hall–Kier alpha value is 0.170. The maximum atomic E-state index is 10.2. The van der Waals surface area contributed by atoms with Crippen molar-refractivity contribution in [2.24, 2.45) is 0 Å². The van der Waals surface area contributed by atoms with E-state index >= 15 is 0 Å². The molecule has 0 aromatic heterocycles. The first-order chi connectivity index (χ1) is 6.27. The number of allylic oxidation sites excluding steroid dienone is 1. The molecule has 0 aromatic rings. The summed E-state index contributed by atoms with van der Waals surface area (Å²) >= 11 is 0. The average molecular weight is 226 g/mol. The van der Waals surface area contributed by atoms with Gasteiger partial charge in [-0.05, 0) is 19.3 Å². The minimum absolute atomic E-state index is 0. The fraction of sp³-hybridized carbons (Fsp3) is 0.727. The number of hydrogen-bond donors (Lipinski definition) is 1. The van der Waals surface area contributed by atoms with E-state index in [-0.39, 0.29) is 35.0 Å². The molecule has 0 radical (unpaired) electrons. The molecule has 15 heavy (non-hydrogen) atoms. The van der Waals surface area contributed by atoms with Crippen molar-refractivity contribution in [1.82, 2.24) is 0 Å². The normalized spacial score (nSPS) is 8.53. The third kappa shape index (κ3) is 20.3. The summed E-state index contributed by atoms with van der Waals surface area (Å²) < 4.78 is 0. The molecular formula is C11H23NaO3. The van der Waals surface area contributed by atoms with Crippen LogP contribution in [0, 0.1) is 0 Å². The molecule has 3 N–H and O–H groups in total. The third-order valence-electron chi connectivity index (χ3n) is 2.05. The molecule has 0 bridgehead atoms. The van der Waals surface area contributed by atoms with E-state index in [4.69, 9.17) is 5.11 Å². The van der Waals surface area contributed by atoms with E-state index in [1.54, 1.807) is 0 Å². The van der Waals surface area contributed by atoms with Crippen LogP contribution >= 0.6 is 0 Å². The zero-order chi connectivity index (χ0) is 9.94. The van der Waals surface area contributed by atoms with Gasteiger partial charge in [-0.25, -0.2) is 0 Å². The Morgan fingerprint density at radius 1 is 1.07 bits per heavy atom. The number of carbonyl (C=O) groups is 1. The van der Waals surface area contributed by atoms with Gasteiger partial charge in [0.15, 0.2) is 0 Å². The summed E-state index contributed by atoms with van der Waals surface area (Å²) in [5.41, 5.74) is 0. The first-order valence-corrected chi connectivity index (χ1v) is 5.10. The zero-order valence-corrected chi connectivity index (χ0v) is 8.80. The molecule has 0 atom stereocenters. The standard InChI is InChI=1S/C11H20O2.Na.H2O.H/c1-2-3-4-5-6-7-8-9-10-11(12)13;;;/h2H,1,3-10H2,(H,12,13);;1H2;. The molecule has 86 valence electrons. The fourth-order valence-corrected chi connectivity index (χ4v) is 1.27. The van der Waals surface area contributed by atoms with E-state index in [0.717, 1.165) is 19.3 Å². The van der Waals surface area contributed by atoms with Crippen LogP contribution in [0.1, 0.15) is 51.4 Å². The zero-order valence-electron chi connectivity index (χ0n) is 8.80. The number of aliphatic carboxylic acids is 1. The van der Waals surface area contributed by atoms with Crippen molar-refractivity contribution >= 4 is 35.5 Å². The van der Waals surface area contributed by atoms with Crippen molar-refractivity contribution in [3.8, 4) is 0 Å². The molecule has 0 fully saturated rings. The third-order valence-corrected chi connectivity index (χ3v) is 2.05. The predicted molar refractivity (Wildman–Crippen MR) is 65.5 cm³/mol. The van der Waals surface area contributed by atoms with Gasteiger partial charge in [0.2, 0.25) is 0 Å². The van der Waals surface area contributed by atoms with Crippen LogP contribution in [0.25, 0.3) is 0 Å². The summed E-state index contributed by atoms with van der Waals surface area (Å²) in [6.07, 6.45) is 10.1. The molecular weight excluding hydrogens is 203 g/mol. The van der Waals surface area contributed by atoms with Crippen LogP contribution in [0.5, 0.6) is 0 Å². The molecule has 4 heteroatoms. The Balaban J connectivity index is -0.000000720. The van der Waals surface area contributed by atoms with E-state index in [2.05, 4.69) is 6.58 Å². The van der Waals surface area contributed by atoms with Gasteiger partial charge >= 0.3 is 35.5 Å². The summed E-state index contributed by atoms with van der Waals surface area (Å²) in [5.74, 6) is -0.674. The average Bonchev–Trinajstić information content (AvgIpc) is 2.09. The van der Waals surface area contributed by atoms with Gasteiger partial charge in [0, 0.05) is 6.42 Å². The van der Waals surface area contributed by atoms with E-state index in [1.165, 1.54) is 25.7 Å². The van der Waals surface area contributed by atoms with E-state index < -0.39 is 5.97 Å². The molecule has 0 aliphatic carbocycles. The number of unbranched alkanes of at least 4 members (excludes halogenated alkanes) is 6. The van der Waals surface area contributed by atoms with Gasteiger partial charge in [-0.3, -0.25) is 4.79 Å². The molecule has 0 aliphatic rings. The van der Waals surface area contributed by atoms with Crippen molar-refractivity contribution in [2.45, 2.75) is 51.4 Å². The molecule has 0 aromatic carbocycles. The predicted octanol–water partition coefficient (Wildman–Crippen LogP) is 1.90. The van der Waals surface area contributed by atoms with E-state index in [1.807, 2.05) is 6.08 Å². The summed E-state index contributed by atoms with van der Waals surface area (Å²) in [4.78, 5) is 10.2. The SMILES string of the molecule is C=CCCCCCCCCC(=O)O.O.[NaH]. The topological polar surface area (TPSA) is 68.8 Å². The van der Waals surface area contributed by atoms with Crippen molar-refractivity contribution in [2.75, 3.05) is 0 Å². The van der Waals surface area contributed by atoms with Gasteiger partial charge in [-0.1, -0.05) is 31.8 Å². The second-order valence-electron chi connectivity index (χ2n) is 3.34. The fourth-order valence-electron chi connectivity index (χ4n) is 1.27. The monoisotopic (exact) mass is 226 g/mol. The number of carboxylic acid groups (broad SMARTS) is 1. The first-order valence-electron chi connectivity index (χ1n) is 5.10.